The van der Waals surface area contributed by atoms with E-state index in [4.69, 9.17) is 16.1 Å². The molecule has 112 valence electrons. The zero-order chi connectivity index (χ0) is 14.9. The molecule has 0 saturated carbocycles. The molecule has 0 bridgehead atoms. The zero-order valence-electron chi connectivity index (χ0n) is 11.8. The Bertz CT molecular complexity index is 748. The van der Waals surface area contributed by atoms with Crippen molar-refractivity contribution in [3.63, 3.8) is 0 Å². The van der Waals surface area contributed by atoms with Gasteiger partial charge in [-0.15, -0.1) is 11.3 Å². The van der Waals surface area contributed by atoms with Crippen LogP contribution in [-0.4, -0.2) is 28.1 Å². The van der Waals surface area contributed by atoms with Gasteiger partial charge in [0.2, 0.25) is 11.7 Å². The Hall–Kier alpha value is -1.69. The second-order valence-electron chi connectivity index (χ2n) is 5.45. The molecule has 0 atom stereocenters. The first-order chi connectivity index (χ1) is 10.8. The van der Waals surface area contributed by atoms with E-state index in [0.717, 1.165) is 35.4 Å². The molecule has 0 radical (unpaired) electrons. The van der Waals surface area contributed by atoms with Crippen LogP contribution < -0.4 is 0 Å². The van der Waals surface area contributed by atoms with Gasteiger partial charge < -0.3 is 4.52 Å². The van der Waals surface area contributed by atoms with Gasteiger partial charge in [-0.1, -0.05) is 35.0 Å². The minimum absolute atomic E-state index is 0.341. The van der Waals surface area contributed by atoms with Gasteiger partial charge in [0.25, 0.3) is 0 Å². The number of hydrogen-bond acceptors (Lipinski definition) is 5. The molecule has 1 aromatic carbocycles. The molecule has 4 nitrogen and oxygen atoms in total. The maximum Gasteiger partial charge on any atom is 0.232 e. The van der Waals surface area contributed by atoms with Crippen molar-refractivity contribution in [2.45, 2.75) is 12.5 Å². The molecule has 1 fully saturated rings. The molecule has 1 aliphatic rings. The third-order valence-electron chi connectivity index (χ3n) is 3.81. The lowest BCUT2D eigenvalue weighted by Crippen LogP contribution is -2.44. The van der Waals surface area contributed by atoms with Crippen molar-refractivity contribution in [1.82, 2.24) is 15.0 Å². The molecular formula is C16H14ClN3OS. The van der Waals surface area contributed by atoms with E-state index in [1.54, 1.807) is 11.3 Å². The van der Waals surface area contributed by atoms with Gasteiger partial charge in [-0.2, -0.15) is 4.98 Å². The summed E-state index contributed by atoms with van der Waals surface area (Å²) in [6.07, 6.45) is 0. The first-order valence-electron chi connectivity index (χ1n) is 7.12. The van der Waals surface area contributed by atoms with Gasteiger partial charge in [-0.25, -0.2) is 0 Å². The second-order valence-corrected chi connectivity index (χ2v) is 6.84. The van der Waals surface area contributed by atoms with Crippen LogP contribution in [0.2, 0.25) is 5.02 Å². The Morgan fingerprint density at radius 2 is 2.05 bits per heavy atom. The van der Waals surface area contributed by atoms with Crippen molar-refractivity contribution in [3.05, 3.63) is 58.3 Å². The fourth-order valence-corrected chi connectivity index (χ4v) is 3.39. The first kappa shape index (κ1) is 13.9. The number of aromatic nitrogens is 2. The number of thiophene rings is 1. The van der Waals surface area contributed by atoms with E-state index in [9.17, 15) is 0 Å². The maximum absolute atomic E-state index is 5.90. The molecule has 0 amide bonds. The minimum Gasteiger partial charge on any atom is -0.339 e. The third kappa shape index (κ3) is 2.79. The predicted octanol–water partition coefficient (Wildman–Crippen LogP) is 4.05. The average molecular weight is 332 g/mol. The van der Waals surface area contributed by atoms with Gasteiger partial charge in [0.05, 0.1) is 10.8 Å². The fraction of sp³-hybridized carbons (Fsp3) is 0.250. The Morgan fingerprint density at radius 1 is 1.23 bits per heavy atom. The molecule has 0 unspecified atom stereocenters. The number of hydrogen-bond donors (Lipinski definition) is 0. The summed E-state index contributed by atoms with van der Waals surface area (Å²) < 4.78 is 5.41. The van der Waals surface area contributed by atoms with Crippen LogP contribution in [-0.2, 0) is 6.54 Å². The van der Waals surface area contributed by atoms with E-state index >= 15 is 0 Å². The van der Waals surface area contributed by atoms with Crippen LogP contribution in [0.1, 0.15) is 17.4 Å². The third-order valence-corrected chi connectivity index (χ3v) is 4.93. The van der Waals surface area contributed by atoms with Crippen molar-refractivity contribution in [2.24, 2.45) is 0 Å². The highest BCUT2D eigenvalue weighted by molar-refractivity contribution is 7.13. The number of rotatable bonds is 4. The molecule has 2 aromatic heterocycles. The molecule has 3 aromatic rings. The summed E-state index contributed by atoms with van der Waals surface area (Å²) in [5, 5.41) is 6.86. The monoisotopic (exact) mass is 331 g/mol. The SMILES string of the molecule is Clc1ccc(CN2CC(c3nc(-c4cccs4)no3)C2)cc1. The number of benzene rings is 1. The Kier molecular flexibility index (Phi) is 3.70. The van der Waals surface area contributed by atoms with Gasteiger partial charge in [-0.3, -0.25) is 4.90 Å². The van der Waals surface area contributed by atoms with Crippen molar-refractivity contribution in [1.29, 1.82) is 0 Å². The van der Waals surface area contributed by atoms with Crippen molar-refractivity contribution >= 4 is 22.9 Å². The molecule has 1 saturated heterocycles. The minimum atomic E-state index is 0.341. The number of nitrogens with zero attached hydrogens (tertiary/aromatic N) is 3. The maximum atomic E-state index is 5.90. The van der Waals surface area contributed by atoms with E-state index in [1.807, 2.05) is 29.6 Å². The highest BCUT2D eigenvalue weighted by Crippen LogP contribution is 2.29. The molecule has 6 heteroatoms. The summed E-state index contributed by atoms with van der Waals surface area (Å²) in [6.45, 7) is 2.84. The largest absolute Gasteiger partial charge is 0.339 e. The van der Waals surface area contributed by atoms with Crippen LogP contribution in [0.3, 0.4) is 0 Å². The number of likely N-dealkylation sites (tertiary alicyclic amines) is 1. The molecule has 22 heavy (non-hydrogen) atoms. The second kappa shape index (κ2) is 5.83. The lowest BCUT2D eigenvalue weighted by molar-refractivity contribution is 0.117. The van der Waals surface area contributed by atoms with E-state index in [1.165, 1.54) is 5.56 Å². The van der Waals surface area contributed by atoms with E-state index in [2.05, 4.69) is 27.2 Å². The van der Waals surface area contributed by atoms with Gasteiger partial charge >= 0.3 is 0 Å². The Labute approximate surface area is 137 Å². The van der Waals surface area contributed by atoms with Crippen LogP contribution in [0.5, 0.6) is 0 Å². The molecule has 3 heterocycles. The molecule has 0 spiro atoms. The summed E-state index contributed by atoms with van der Waals surface area (Å²) in [4.78, 5) is 7.93. The van der Waals surface area contributed by atoms with E-state index in [0.29, 0.717) is 11.7 Å². The van der Waals surface area contributed by atoms with E-state index < -0.39 is 0 Å². The standard InChI is InChI=1S/C16H14ClN3OS/c17-13-5-3-11(4-6-13)8-20-9-12(10-20)16-18-15(19-21-16)14-2-1-7-22-14/h1-7,12H,8-10H2. The summed E-state index contributed by atoms with van der Waals surface area (Å²) in [5.74, 6) is 1.78. The van der Waals surface area contributed by atoms with Crippen molar-refractivity contribution < 1.29 is 4.52 Å². The van der Waals surface area contributed by atoms with Crippen LogP contribution in [0, 0.1) is 0 Å². The summed E-state index contributed by atoms with van der Waals surface area (Å²) in [6, 6.07) is 12.0. The van der Waals surface area contributed by atoms with Crippen LogP contribution in [0.25, 0.3) is 10.7 Å². The highest BCUT2D eigenvalue weighted by atomic mass is 35.5. The molecule has 0 N–H and O–H groups in total. The molecular weight excluding hydrogens is 318 g/mol. The Morgan fingerprint density at radius 3 is 2.77 bits per heavy atom. The lowest BCUT2D eigenvalue weighted by atomic mass is 9.99. The molecule has 1 aliphatic heterocycles. The van der Waals surface area contributed by atoms with Crippen molar-refractivity contribution in [3.8, 4) is 10.7 Å². The summed E-state index contributed by atoms with van der Waals surface area (Å²) in [5.41, 5.74) is 1.27. The Balaban J connectivity index is 1.36. The van der Waals surface area contributed by atoms with Gasteiger partial charge in [0, 0.05) is 24.7 Å². The molecule has 4 rings (SSSR count). The molecule has 0 aliphatic carbocycles. The summed E-state index contributed by atoms with van der Waals surface area (Å²) >= 11 is 7.53. The van der Waals surface area contributed by atoms with Crippen LogP contribution in [0.4, 0.5) is 0 Å². The van der Waals surface area contributed by atoms with Gasteiger partial charge in [-0.05, 0) is 29.1 Å². The first-order valence-corrected chi connectivity index (χ1v) is 8.38. The van der Waals surface area contributed by atoms with Crippen molar-refractivity contribution in [2.75, 3.05) is 13.1 Å². The van der Waals surface area contributed by atoms with Gasteiger partial charge in [0.15, 0.2) is 0 Å². The quantitative estimate of drug-likeness (QED) is 0.723. The highest BCUT2D eigenvalue weighted by Gasteiger charge is 2.32. The van der Waals surface area contributed by atoms with E-state index in [-0.39, 0.29) is 0 Å². The zero-order valence-corrected chi connectivity index (χ0v) is 13.3. The summed E-state index contributed by atoms with van der Waals surface area (Å²) in [7, 11) is 0. The van der Waals surface area contributed by atoms with Crippen LogP contribution in [0.15, 0.2) is 46.3 Å². The topological polar surface area (TPSA) is 42.2 Å². The number of halogens is 1. The average Bonchev–Trinajstić information content (AvgIpc) is 3.15. The fourth-order valence-electron chi connectivity index (χ4n) is 2.61. The predicted molar refractivity (Wildman–Crippen MR) is 87.1 cm³/mol. The van der Waals surface area contributed by atoms with Crippen LogP contribution >= 0.6 is 22.9 Å². The normalized spacial score (nSPS) is 15.9. The smallest absolute Gasteiger partial charge is 0.232 e. The van der Waals surface area contributed by atoms with Gasteiger partial charge in [0.1, 0.15) is 0 Å². The lowest BCUT2D eigenvalue weighted by Gasteiger charge is -2.37.